The maximum atomic E-state index is 9.71. The number of aliphatic hydroxyl groups is 1. The minimum atomic E-state index is -0.0289. The molecule has 102 valence electrons. The largest absolute Gasteiger partial charge is 0.393 e. The van der Waals surface area contributed by atoms with Crippen LogP contribution >= 0.6 is 0 Å². The summed E-state index contributed by atoms with van der Waals surface area (Å²) < 4.78 is 0. The Kier molecular flexibility index (Phi) is 6.13. The third-order valence-electron chi connectivity index (χ3n) is 3.67. The van der Waals surface area contributed by atoms with Crippen LogP contribution in [0.3, 0.4) is 0 Å². The molecule has 1 heterocycles. The lowest BCUT2D eigenvalue weighted by molar-refractivity contribution is 0.0266. The topological polar surface area (TPSA) is 59.1 Å². The molecular formula is C15H26N2O. The van der Waals surface area contributed by atoms with Gasteiger partial charge in [-0.2, -0.15) is 0 Å². The van der Waals surface area contributed by atoms with Gasteiger partial charge in [-0.05, 0) is 42.7 Å². The zero-order valence-corrected chi connectivity index (χ0v) is 11.7. The molecule has 18 heavy (non-hydrogen) atoms. The molecule has 3 unspecified atom stereocenters. The smallest absolute Gasteiger partial charge is 0.123 e. The Hall–Kier alpha value is -1.09. The standard InChI is InChI=1S/C10H20O.C5H6N2/c1-7(2)9-5-4-8(3)6-10(9)11;6-5-3-1-2-4-7-5/h7-11H,4-6H2,1-3H3;1-4H,(H2,6,7). The maximum absolute atomic E-state index is 9.71. The van der Waals surface area contributed by atoms with Crippen molar-refractivity contribution >= 4 is 5.82 Å². The third kappa shape index (κ3) is 5.05. The summed E-state index contributed by atoms with van der Waals surface area (Å²) in [6, 6.07) is 5.43. The molecule has 3 nitrogen and oxygen atoms in total. The molecule has 3 N–H and O–H groups in total. The molecular weight excluding hydrogens is 224 g/mol. The number of aliphatic hydroxyl groups excluding tert-OH is 1. The van der Waals surface area contributed by atoms with Gasteiger partial charge < -0.3 is 10.8 Å². The van der Waals surface area contributed by atoms with Crippen molar-refractivity contribution in [3.05, 3.63) is 24.4 Å². The molecule has 0 aromatic carbocycles. The Bertz CT molecular complexity index is 327. The predicted molar refractivity (Wildman–Crippen MR) is 76.0 cm³/mol. The minimum absolute atomic E-state index is 0.0289. The molecule has 0 aliphatic heterocycles. The van der Waals surface area contributed by atoms with E-state index in [9.17, 15) is 5.11 Å². The van der Waals surface area contributed by atoms with Gasteiger partial charge in [-0.3, -0.25) is 0 Å². The fourth-order valence-corrected chi connectivity index (χ4v) is 2.53. The van der Waals surface area contributed by atoms with E-state index in [2.05, 4.69) is 25.8 Å². The van der Waals surface area contributed by atoms with Gasteiger partial charge in [0.15, 0.2) is 0 Å². The van der Waals surface area contributed by atoms with E-state index in [1.54, 1.807) is 12.3 Å². The maximum Gasteiger partial charge on any atom is 0.123 e. The first-order valence-electron chi connectivity index (χ1n) is 6.85. The second-order valence-corrected chi connectivity index (χ2v) is 5.65. The van der Waals surface area contributed by atoms with Crippen molar-refractivity contribution in [2.45, 2.75) is 46.1 Å². The van der Waals surface area contributed by atoms with E-state index < -0.39 is 0 Å². The fourth-order valence-electron chi connectivity index (χ4n) is 2.53. The number of nitrogen functional groups attached to an aromatic ring is 1. The van der Waals surface area contributed by atoms with E-state index in [1.807, 2.05) is 12.1 Å². The Morgan fingerprint density at radius 3 is 2.44 bits per heavy atom. The van der Waals surface area contributed by atoms with Crippen LogP contribution in [-0.2, 0) is 0 Å². The number of nitrogens with zero attached hydrogens (tertiary/aromatic N) is 1. The van der Waals surface area contributed by atoms with Gasteiger partial charge in [-0.1, -0.05) is 33.3 Å². The number of hydrogen-bond acceptors (Lipinski definition) is 3. The van der Waals surface area contributed by atoms with Gasteiger partial charge in [0.1, 0.15) is 5.82 Å². The van der Waals surface area contributed by atoms with Gasteiger partial charge >= 0.3 is 0 Å². The SMILES string of the molecule is CC1CCC(C(C)C)C(O)C1.Nc1ccccn1. The van der Waals surface area contributed by atoms with E-state index in [4.69, 9.17) is 5.73 Å². The lowest BCUT2D eigenvalue weighted by Crippen LogP contribution is -2.31. The molecule has 1 aromatic heterocycles. The minimum Gasteiger partial charge on any atom is -0.393 e. The predicted octanol–water partition coefficient (Wildman–Crippen LogP) is 3.10. The number of aromatic nitrogens is 1. The van der Waals surface area contributed by atoms with E-state index in [0.29, 0.717) is 17.7 Å². The Labute approximate surface area is 110 Å². The Morgan fingerprint density at radius 2 is 2.06 bits per heavy atom. The van der Waals surface area contributed by atoms with Crippen LogP contribution in [0.25, 0.3) is 0 Å². The monoisotopic (exact) mass is 250 g/mol. The summed E-state index contributed by atoms with van der Waals surface area (Å²) >= 11 is 0. The van der Waals surface area contributed by atoms with Crippen molar-refractivity contribution < 1.29 is 5.11 Å². The third-order valence-corrected chi connectivity index (χ3v) is 3.67. The molecule has 1 aromatic rings. The van der Waals surface area contributed by atoms with Crippen LogP contribution in [0.1, 0.15) is 40.0 Å². The van der Waals surface area contributed by atoms with Crippen LogP contribution in [0.2, 0.25) is 0 Å². The number of pyridine rings is 1. The normalized spacial score (nSPS) is 27.5. The van der Waals surface area contributed by atoms with Gasteiger partial charge in [-0.25, -0.2) is 4.98 Å². The zero-order valence-electron chi connectivity index (χ0n) is 11.7. The summed E-state index contributed by atoms with van der Waals surface area (Å²) in [6.45, 7) is 6.66. The number of anilines is 1. The molecule has 0 radical (unpaired) electrons. The molecule has 0 bridgehead atoms. The number of nitrogens with two attached hydrogens (primary N) is 1. The summed E-state index contributed by atoms with van der Waals surface area (Å²) in [5.41, 5.74) is 5.25. The van der Waals surface area contributed by atoms with Crippen LogP contribution in [-0.4, -0.2) is 16.2 Å². The van der Waals surface area contributed by atoms with Crippen molar-refractivity contribution in [3.63, 3.8) is 0 Å². The van der Waals surface area contributed by atoms with E-state index >= 15 is 0 Å². The highest BCUT2D eigenvalue weighted by molar-refractivity contribution is 5.25. The molecule has 2 rings (SSSR count). The highest BCUT2D eigenvalue weighted by atomic mass is 16.3. The lowest BCUT2D eigenvalue weighted by Gasteiger charge is -2.33. The molecule has 1 fully saturated rings. The van der Waals surface area contributed by atoms with Crippen molar-refractivity contribution in [3.8, 4) is 0 Å². The highest BCUT2D eigenvalue weighted by Gasteiger charge is 2.28. The van der Waals surface area contributed by atoms with Gasteiger partial charge in [0.25, 0.3) is 0 Å². The number of rotatable bonds is 1. The van der Waals surface area contributed by atoms with Gasteiger partial charge in [0, 0.05) is 6.20 Å². The van der Waals surface area contributed by atoms with E-state index in [0.717, 1.165) is 12.3 Å². The van der Waals surface area contributed by atoms with Crippen molar-refractivity contribution in [2.75, 3.05) is 5.73 Å². The summed E-state index contributed by atoms with van der Waals surface area (Å²) in [4.78, 5) is 3.76. The summed E-state index contributed by atoms with van der Waals surface area (Å²) in [5, 5.41) is 9.71. The van der Waals surface area contributed by atoms with Gasteiger partial charge in [0.2, 0.25) is 0 Å². The zero-order chi connectivity index (χ0) is 13.5. The average molecular weight is 250 g/mol. The molecule has 1 aliphatic carbocycles. The summed E-state index contributed by atoms with van der Waals surface area (Å²) in [7, 11) is 0. The molecule has 0 amide bonds. The molecule has 0 spiro atoms. The molecule has 3 atom stereocenters. The molecule has 3 heteroatoms. The Balaban J connectivity index is 0.000000199. The van der Waals surface area contributed by atoms with Crippen LogP contribution in [0.5, 0.6) is 0 Å². The Morgan fingerprint density at radius 1 is 1.33 bits per heavy atom. The van der Waals surface area contributed by atoms with E-state index in [1.165, 1.54) is 12.8 Å². The van der Waals surface area contributed by atoms with Crippen LogP contribution in [0.15, 0.2) is 24.4 Å². The van der Waals surface area contributed by atoms with Crippen LogP contribution < -0.4 is 5.73 Å². The first-order valence-corrected chi connectivity index (χ1v) is 6.85. The highest BCUT2D eigenvalue weighted by Crippen LogP contribution is 2.33. The van der Waals surface area contributed by atoms with Crippen molar-refractivity contribution in [1.82, 2.24) is 4.98 Å². The van der Waals surface area contributed by atoms with E-state index in [-0.39, 0.29) is 6.10 Å². The second kappa shape index (κ2) is 7.37. The quantitative estimate of drug-likeness (QED) is 0.805. The summed E-state index contributed by atoms with van der Waals surface area (Å²) in [6.07, 6.45) is 5.18. The molecule has 1 aliphatic rings. The first kappa shape index (κ1) is 15.0. The fraction of sp³-hybridized carbons (Fsp3) is 0.667. The van der Waals surface area contributed by atoms with Gasteiger partial charge in [-0.15, -0.1) is 0 Å². The van der Waals surface area contributed by atoms with Gasteiger partial charge in [0.05, 0.1) is 6.10 Å². The number of hydrogen-bond donors (Lipinski definition) is 2. The van der Waals surface area contributed by atoms with Crippen LogP contribution in [0.4, 0.5) is 5.82 Å². The average Bonchev–Trinajstić information content (AvgIpc) is 2.30. The second-order valence-electron chi connectivity index (χ2n) is 5.65. The lowest BCUT2D eigenvalue weighted by atomic mass is 9.75. The van der Waals surface area contributed by atoms with Crippen molar-refractivity contribution in [2.24, 2.45) is 17.8 Å². The van der Waals surface area contributed by atoms with Crippen molar-refractivity contribution in [1.29, 1.82) is 0 Å². The first-order chi connectivity index (χ1) is 8.50. The van der Waals surface area contributed by atoms with Crippen LogP contribution in [0, 0.1) is 17.8 Å². The molecule has 0 saturated heterocycles. The molecule has 1 saturated carbocycles. The summed E-state index contributed by atoms with van der Waals surface area (Å²) in [5.74, 6) is 2.52.